The number of nitrogens with zero attached hydrogens (tertiary/aromatic N) is 2. The average Bonchev–Trinajstić information content (AvgIpc) is 3.22. The van der Waals surface area contributed by atoms with Crippen molar-refractivity contribution in [3.05, 3.63) is 95.1 Å². The Hall–Kier alpha value is -8.34. The molecule has 0 aromatic heterocycles. The van der Waals surface area contributed by atoms with E-state index in [-0.39, 0.29) is 34.1 Å². The van der Waals surface area contributed by atoms with Crippen molar-refractivity contribution in [2.75, 3.05) is 58.3 Å². The van der Waals surface area contributed by atoms with E-state index in [1.165, 1.54) is 48.6 Å². The molecule has 0 aliphatic heterocycles. The van der Waals surface area contributed by atoms with E-state index in [0.717, 1.165) is 0 Å². The zero-order chi connectivity index (χ0) is 44.4. The van der Waals surface area contributed by atoms with Crippen LogP contribution in [0.2, 0.25) is 0 Å². The molecule has 0 saturated heterocycles. The van der Waals surface area contributed by atoms with E-state index in [0.29, 0.717) is 46.4 Å². The van der Waals surface area contributed by atoms with E-state index in [9.17, 15) is 38.4 Å². The molecule has 6 N–H and O–H groups in total. The van der Waals surface area contributed by atoms with Crippen LogP contribution in [0.3, 0.4) is 0 Å². The van der Waals surface area contributed by atoms with E-state index in [4.69, 9.17) is 18.9 Å². The lowest BCUT2D eigenvalue weighted by molar-refractivity contribution is -0.106. The second-order valence-corrected chi connectivity index (χ2v) is 13.3. The maximum absolute atomic E-state index is 13.2. The lowest BCUT2D eigenvalue weighted by Crippen LogP contribution is -2.45. The third-order valence-electron chi connectivity index (χ3n) is 8.68. The van der Waals surface area contributed by atoms with Gasteiger partial charge in [-0.1, -0.05) is 24.3 Å². The molecule has 20 heteroatoms. The summed E-state index contributed by atoms with van der Waals surface area (Å²) in [6.07, 6.45) is -0.382. The summed E-state index contributed by atoms with van der Waals surface area (Å²) in [6, 6.07) is 18.3. The first-order valence-electron chi connectivity index (χ1n) is 18.0. The van der Waals surface area contributed by atoms with Crippen LogP contribution in [0.5, 0.6) is 0 Å². The summed E-state index contributed by atoms with van der Waals surface area (Å²) in [6.45, 7) is 4.00. The smallest absolute Gasteiger partial charge is 0.411 e. The molecule has 20 nitrogen and oxygen atoms in total. The minimum Gasteiger partial charge on any atom is -0.448 e. The topological polar surface area (TPSA) is 270 Å². The fourth-order valence-corrected chi connectivity index (χ4v) is 5.29. The number of aryl methyl sites for hydroxylation is 4. The van der Waals surface area contributed by atoms with Gasteiger partial charge >= 0.3 is 24.4 Å². The van der Waals surface area contributed by atoms with Crippen molar-refractivity contribution in [1.82, 2.24) is 0 Å². The normalized spacial score (nSPS) is 10.3. The molecule has 0 heterocycles. The van der Waals surface area contributed by atoms with Gasteiger partial charge in [0, 0.05) is 34.1 Å². The molecule has 0 aliphatic carbocycles. The highest BCUT2D eigenvalue weighted by atomic mass is 16.6. The van der Waals surface area contributed by atoms with Crippen LogP contribution in [0.1, 0.15) is 22.3 Å². The van der Waals surface area contributed by atoms with E-state index in [1.54, 1.807) is 64.1 Å². The maximum Gasteiger partial charge on any atom is 0.411 e. The number of isocyanates is 2. The first-order chi connectivity index (χ1) is 29.3. The standard InChI is InChI=1S/C41H40N8O12/c1-25-5-9-29(13-33(25)42-21-50)46-37(54)58-17-41(18-59-38(55)47-30-10-6-26(2)34(14-30)43-22-51,19-60-39(56)48-31-11-7-27(3)35(15-31)44-23-52)20-61-40(57)49-32-12-8-28(4)36(16-32)45-24-53/h5-16,21-22H,17-20H2,1-4H3,(H,42,50)(H,43,51)(H,46,54)(H,47,55)(H,48,56)(H,49,57). The molecule has 4 aromatic rings. The predicted octanol–water partition coefficient (Wildman–Crippen LogP) is 7.27. The van der Waals surface area contributed by atoms with Gasteiger partial charge in [0.15, 0.2) is 0 Å². The molecule has 6 amide bonds. The summed E-state index contributed by atoms with van der Waals surface area (Å²) in [5.74, 6) is 0. The first kappa shape index (κ1) is 45.4. The van der Waals surface area contributed by atoms with Gasteiger partial charge in [0.2, 0.25) is 25.0 Å². The van der Waals surface area contributed by atoms with Crippen LogP contribution in [-0.2, 0) is 38.1 Å². The first-order valence-corrected chi connectivity index (χ1v) is 18.0. The van der Waals surface area contributed by atoms with Gasteiger partial charge in [0.05, 0.1) is 11.4 Å². The van der Waals surface area contributed by atoms with E-state index < -0.39 is 56.2 Å². The van der Waals surface area contributed by atoms with Crippen molar-refractivity contribution in [2.24, 2.45) is 15.4 Å². The van der Waals surface area contributed by atoms with Crippen molar-refractivity contribution < 1.29 is 57.3 Å². The van der Waals surface area contributed by atoms with Crippen molar-refractivity contribution in [3.8, 4) is 0 Å². The molecule has 4 rings (SSSR count). The zero-order valence-electron chi connectivity index (χ0n) is 33.2. The van der Waals surface area contributed by atoms with Crippen molar-refractivity contribution >= 4 is 94.9 Å². The quantitative estimate of drug-likeness (QED) is 0.0250. The third kappa shape index (κ3) is 13.9. The van der Waals surface area contributed by atoms with Gasteiger partial charge in [0.1, 0.15) is 31.8 Å². The number of anilines is 6. The van der Waals surface area contributed by atoms with Crippen LogP contribution in [-0.4, -0.2) is 75.8 Å². The summed E-state index contributed by atoms with van der Waals surface area (Å²) in [4.78, 5) is 104. The Labute approximate surface area is 348 Å². The van der Waals surface area contributed by atoms with Gasteiger partial charge in [-0.2, -0.15) is 9.98 Å². The van der Waals surface area contributed by atoms with Gasteiger partial charge in [0.25, 0.3) is 0 Å². The second-order valence-electron chi connectivity index (χ2n) is 13.3. The molecule has 0 atom stereocenters. The Morgan fingerprint density at radius 3 is 1.10 bits per heavy atom. The van der Waals surface area contributed by atoms with Crippen LogP contribution in [0, 0.1) is 33.1 Å². The molecule has 0 radical (unpaired) electrons. The minimum atomic E-state index is -1.82. The van der Waals surface area contributed by atoms with Gasteiger partial charge < -0.3 is 29.6 Å². The molecule has 61 heavy (non-hydrogen) atoms. The number of carbonyl (C=O) groups excluding carboxylic acids is 8. The number of nitrogens with one attached hydrogen (secondary N) is 6. The number of ether oxygens (including phenoxy) is 4. The monoisotopic (exact) mass is 836 g/mol. The molecule has 0 spiro atoms. The van der Waals surface area contributed by atoms with E-state index in [2.05, 4.69) is 41.9 Å². The Kier molecular flexibility index (Phi) is 16.3. The summed E-state index contributed by atoms with van der Waals surface area (Å²) < 4.78 is 22.2. The highest BCUT2D eigenvalue weighted by Gasteiger charge is 2.38. The van der Waals surface area contributed by atoms with Crippen LogP contribution < -0.4 is 31.9 Å². The third-order valence-corrected chi connectivity index (χ3v) is 8.68. The van der Waals surface area contributed by atoms with Gasteiger partial charge in [-0.25, -0.2) is 28.8 Å². The highest BCUT2D eigenvalue weighted by molar-refractivity contribution is 5.89. The molecule has 0 fully saturated rings. The SMILES string of the molecule is Cc1ccc(NC(=O)OCC(COC(=O)Nc2ccc(C)c(N=C=O)c2)(COC(=O)Nc2ccc(C)c(NC=O)c2)COC(=O)Nc2ccc(C)c(NC=O)c2)cc1N=C=O. The van der Waals surface area contributed by atoms with Gasteiger partial charge in [-0.3, -0.25) is 30.9 Å². The second kappa shape index (κ2) is 22.0. The fraction of sp³-hybridized carbons (Fsp3) is 0.220. The number of benzene rings is 4. The Morgan fingerprint density at radius 1 is 0.508 bits per heavy atom. The molecular weight excluding hydrogens is 796 g/mol. The molecule has 316 valence electrons. The maximum atomic E-state index is 13.2. The summed E-state index contributed by atoms with van der Waals surface area (Å²) in [5, 5.41) is 15.0. The number of carbonyl (C=O) groups is 6. The van der Waals surface area contributed by atoms with Crippen LogP contribution in [0.15, 0.2) is 82.8 Å². The highest BCUT2D eigenvalue weighted by Crippen LogP contribution is 2.27. The number of hydrogen-bond donors (Lipinski definition) is 6. The lowest BCUT2D eigenvalue weighted by atomic mass is 9.92. The van der Waals surface area contributed by atoms with Gasteiger partial charge in [-0.05, 0) is 98.5 Å². The summed E-state index contributed by atoms with van der Waals surface area (Å²) in [5.41, 5.74) is 2.87. The summed E-state index contributed by atoms with van der Waals surface area (Å²) >= 11 is 0. The van der Waals surface area contributed by atoms with Crippen LogP contribution in [0.25, 0.3) is 0 Å². The van der Waals surface area contributed by atoms with Crippen molar-refractivity contribution in [3.63, 3.8) is 0 Å². The van der Waals surface area contributed by atoms with Crippen molar-refractivity contribution in [2.45, 2.75) is 27.7 Å². The molecule has 4 aromatic carbocycles. The zero-order valence-corrected chi connectivity index (χ0v) is 33.2. The molecule has 0 unspecified atom stereocenters. The minimum absolute atomic E-state index is 0.177. The number of rotatable bonds is 18. The van der Waals surface area contributed by atoms with Crippen LogP contribution >= 0.6 is 0 Å². The number of amides is 6. The largest absolute Gasteiger partial charge is 0.448 e. The molecule has 0 aliphatic rings. The Balaban J connectivity index is 1.63. The summed E-state index contributed by atoms with van der Waals surface area (Å²) in [7, 11) is 0. The van der Waals surface area contributed by atoms with Crippen LogP contribution in [0.4, 0.5) is 64.7 Å². The molecule has 0 bridgehead atoms. The average molecular weight is 837 g/mol. The number of aliphatic imine (C=N–C) groups is 2. The Bertz CT molecular complexity index is 2230. The van der Waals surface area contributed by atoms with E-state index in [1.807, 2.05) is 0 Å². The van der Waals surface area contributed by atoms with Gasteiger partial charge in [-0.15, -0.1) is 0 Å². The molecular formula is C41H40N8O12. The predicted molar refractivity (Wildman–Crippen MR) is 222 cm³/mol. The lowest BCUT2D eigenvalue weighted by Gasteiger charge is -2.31. The fourth-order valence-electron chi connectivity index (χ4n) is 5.29. The Morgan fingerprint density at radius 2 is 0.803 bits per heavy atom. The van der Waals surface area contributed by atoms with Crippen molar-refractivity contribution in [1.29, 1.82) is 0 Å². The van der Waals surface area contributed by atoms with E-state index >= 15 is 0 Å². The molecule has 0 saturated carbocycles. The number of hydrogen-bond acceptors (Lipinski definition) is 14.